The lowest BCUT2D eigenvalue weighted by Gasteiger charge is -2.23. The van der Waals surface area contributed by atoms with E-state index in [4.69, 9.17) is 0 Å². The van der Waals surface area contributed by atoms with Crippen molar-refractivity contribution in [2.24, 2.45) is 4.99 Å². The summed E-state index contributed by atoms with van der Waals surface area (Å²) >= 11 is 0. The third-order valence-electron chi connectivity index (χ3n) is 4.34. The van der Waals surface area contributed by atoms with Gasteiger partial charge in [0.25, 0.3) is 0 Å². The van der Waals surface area contributed by atoms with Gasteiger partial charge < -0.3 is 20.1 Å². The Morgan fingerprint density at radius 3 is 2.65 bits per heavy atom. The number of benzene rings is 1. The second kappa shape index (κ2) is 10.6. The number of hydrogen-bond donors (Lipinski definition) is 2. The van der Waals surface area contributed by atoms with Crippen LogP contribution in [-0.4, -0.2) is 66.5 Å². The van der Waals surface area contributed by atoms with Crippen molar-refractivity contribution < 1.29 is 0 Å². The van der Waals surface area contributed by atoms with E-state index in [0.717, 1.165) is 42.7 Å². The Balaban J connectivity index is 1.83. The van der Waals surface area contributed by atoms with Crippen LogP contribution in [0.2, 0.25) is 0 Å². The third-order valence-corrected chi connectivity index (χ3v) is 4.34. The van der Waals surface area contributed by atoms with E-state index in [2.05, 4.69) is 56.2 Å². The van der Waals surface area contributed by atoms with Crippen molar-refractivity contribution >= 4 is 5.96 Å². The van der Waals surface area contributed by atoms with Gasteiger partial charge in [-0.25, -0.2) is 4.98 Å². The molecule has 2 aromatic rings. The van der Waals surface area contributed by atoms with Crippen molar-refractivity contribution in [1.29, 1.82) is 0 Å². The van der Waals surface area contributed by atoms with Crippen LogP contribution in [0.1, 0.15) is 25.6 Å². The maximum atomic E-state index is 4.50. The van der Waals surface area contributed by atoms with Gasteiger partial charge >= 0.3 is 0 Å². The number of nitrogens with zero attached hydrogens (tertiary/aromatic N) is 4. The quantitative estimate of drug-likeness (QED) is 0.536. The Kier molecular flexibility index (Phi) is 8.15. The molecule has 0 atom stereocenters. The number of imidazole rings is 1. The Hall–Kier alpha value is -2.34. The van der Waals surface area contributed by atoms with Crippen LogP contribution in [-0.2, 0) is 6.54 Å². The summed E-state index contributed by atoms with van der Waals surface area (Å²) in [7, 11) is 6.01. The van der Waals surface area contributed by atoms with Gasteiger partial charge in [-0.1, -0.05) is 43.7 Å². The lowest BCUT2D eigenvalue weighted by Crippen LogP contribution is -2.41. The van der Waals surface area contributed by atoms with Crippen molar-refractivity contribution in [3.05, 3.63) is 42.4 Å². The molecule has 0 radical (unpaired) electrons. The number of unbranched alkanes of at least 4 members (excludes halogenated alkanes) is 1. The monoisotopic (exact) mass is 356 g/mol. The maximum absolute atomic E-state index is 4.50. The smallest absolute Gasteiger partial charge is 0.193 e. The summed E-state index contributed by atoms with van der Waals surface area (Å²) in [6.07, 6.45) is 4.36. The number of guanidine groups is 1. The van der Waals surface area contributed by atoms with Gasteiger partial charge in [0, 0.05) is 27.2 Å². The molecule has 0 unspecified atom stereocenters. The van der Waals surface area contributed by atoms with Crippen LogP contribution in [0.5, 0.6) is 0 Å². The topological polar surface area (TPSA) is 59.5 Å². The molecular formula is C20H32N6. The molecule has 1 aromatic heterocycles. The summed E-state index contributed by atoms with van der Waals surface area (Å²) in [5.41, 5.74) is 2.18. The molecular weight excluding hydrogens is 324 g/mol. The van der Waals surface area contributed by atoms with Gasteiger partial charge in [0.1, 0.15) is 5.82 Å². The summed E-state index contributed by atoms with van der Waals surface area (Å²) < 4.78 is 0. The summed E-state index contributed by atoms with van der Waals surface area (Å²) in [6, 6.07) is 10.2. The Bertz CT molecular complexity index is 664. The minimum absolute atomic E-state index is 0.679. The third kappa shape index (κ3) is 6.19. The Morgan fingerprint density at radius 1 is 1.19 bits per heavy atom. The number of likely N-dealkylation sites (N-methyl/N-ethyl adjacent to an activating group) is 1. The summed E-state index contributed by atoms with van der Waals surface area (Å²) in [5, 5.41) is 3.43. The van der Waals surface area contributed by atoms with Crippen molar-refractivity contribution in [3.8, 4) is 11.3 Å². The zero-order valence-corrected chi connectivity index (χ0v) is 16.5. The fourth-order valence-electron chi connectivity index (χ4n) is 2.79. The SMILES string of the molecule is CCCCN(C)CCNC(=NC)N(C)Cc1ncc(-c2ccccc2)[nH]1. The fraction of sp³-hybridized carbons (Fsp3) is 0.500. The van der Waals surface area contributed by atoms with Crippen LogP contribution < -0.4 is 5.32 Å². The van der Waals surface area contributed by atoms with Crippen molar-refractivity contribution in [2.45, 2.75) is 26.3 Å². The molecule has 0 bridgehead atoms. The van der Waals surface area contributed by atoms with E-state index >= 15 is 0 Å². The summed E-state index contributed by atoms with van der Waals surface area (Å²) in [5.74, 6) is 1.81. The number of nitrogens with one attached hydrogen (secondary N) is 2. The first-order valence-corrected chi connectivity index (χ1v) is 9.33. The molecule has 0 aliphatic heterocycles. The average Bonchev–Trinajstić information content (AvgIpc) is 3.12. The summed E-state index contributed by atoms with van der Waals surface area (Å²) in [6.45, 7) is 5.93. The highest BCUT2D eigenvalue weighted by molar-refractivity contribution is 5.79. The molecule has 0 saturated heterocycles. The minimum atomic E-state index is 0.679. The molecule has 2 rings (SSSR count). The molecule has 0 aliphatic carbocycles. The number of rotatable bonds is 9. The fourth-order valence-corrected chi connectivity index (χ4v) is 2.79. The molecule has 0 fully saturated rings. The predicted molar refractivity (Wildman–Crippen MR) is 109 cm³/mol. The molecule has 2 N–H and O–H groups in total. The highest BCUT2D eigenvalue weighted by atomic mass is 15.3. The van der Waals surface area contributed by atoms with Crippen LogP contribution in [0, 0.1) is 0 Å². The zero-order chi connectivity index (χ0) is 18.8. The van der Waals surface area contributed by atoms with Crippen LogP contribution >= 0.6 is 0 Å². The molecule has 26 heavy (non-hydrogen) atoms. The molecule has 0 saturated carbocycles. The van der Waals surface area contributed by atoms with E-state index in [-0.39, 0.29) is 0 Å². The van der Waals surface area contributed by atoms with Crippen LogP contribution in [0.15, 0.2) is 41.5 Å². The van der Waals surface area contributed by atoms with E-state index in [9.17, 15) is 0 Å². The highest BCUT2D eigenvalue weighted by Crippen LogP contribution is 2.16. The highest BCUT2D eigenvalue weighted by Gasteiger charge is 2.10. The van der Waals surface area contributed by atoms with E-state index < -0.39 is 0 Å². The maximum Gasteiger partial charge on any atom is 0.193 e. The van der Waals surface area contributed by atoms with Crippen molar-refractivity contribution in [2.75, 3.05) is 40.8 Å². The first-order valence-electron chi connectivity index (χ1n) is 9.33. The molecule has 0 aliphatic rings. The van der Waals surface area contributed by atoms with Crippen LogP contribution in [0.3, 0.4) is 0 Å². The minimum Gasteiger partial charge on any atom is -0.355 e. The molecule has 6 heteroatoms. The largest absolute Gasteiger partial charge is 0.355 e. The van der Waals surface area contributed by atoms with Gasteiger partial charge in [0.2, 0.25) is 0 Å². The van der Waals surface area contributed by atoms with E-state index in [1.54, 1.807) is 0 Å². The lowest BCUT2D eigenvalue weighted by atomic mass is 10.2. The van der Waals surface area contributed by atoms with Crippen molar-refractivity contribution in [3.63, 3.8) is 0 Å². The molecule has 1 heterocycles. The van der Waals surface area contributed by atoms with Gasteiger partial charge in [0.05, 0.1) is 18.4 Å². The van der Waals surface area contributed by atoms with Crippen LogP contribution in [0.25, 0.3) is 11.3 Å². The standard InChI is InChI=1S/C20H32N6/c1-5-6-13-25(3)14-12-22-20(21-2)26(4)16-19-23-15-18(24-19)17-10-8-7-9-11-17/h7-11,15H,5-6,12-14,16H2,1-4H3,(H,21,22)(H,23,24). The molecule has 0 amide bonds. The molecule has 1 aromatic carbocycles. The normalized spacial score (nSPS) is 11.8. The number of aromatic nitrogens is 2. The van der Waals surface area contributed by atoms with E-state index in [1.807, 2.05) is 38.5 Å². The van der Waals surface area contributed by atoms with Crippen LogP contribution in [0.4, 0.5) is 0 Å². The van der Waals surface area contributed by atoms with Gasteiger partial charge in [-0.15, -0.1) is 0 Å². The molecule has 0 spiro atoms. The average molecular weight is 357 g/mol. The molecule has 142 valence electrons. The Morgan fingerprint density at radius 2 is 1.96 bits per heavy atom. The van der Waals surface area contributed by atoms with Gasteiger partial charge in [-0.3, -0.25) is 4.99 Å². The van der Waals surface area contributed by atoms with E-state index in [1.165, 1.54) is 12.8 Å². The van der Waals surface area contributed by atoms with Crippen molar-refractivity contribution in [1.82, 2.24) is 25.1 Å². The predicted octanol–water partition coefficient (Wildman–Crippen LogP) is 2.82. The first-order chi connectivity index (χ1) is 12.6. The zero-order valence-electron chi connectivity index (χ0n) is 16.5. The molecule has 6 nitrogen and oxygen atoms in total. The summed E-state index contributed by atoms with van der Waals surface area (Å²) in [4.78, 5) is 16.7. The number of hydrogen-bond acceptors (Lipinski definition) is 3. The number of aromatic amines is 1. The number of aliphatic imine (C=N–C) groups is 1. The first kappa shape index (κ1) is 20.0. The second-order valence-electron chi connectivity index (χ2n) is 6.60. The second-order valence-corrected chi connectivity index (χ2v) is 6.60. The number of H-pyrrole nitrogens is 1. The van der Waals surface area contributed by atoms with Gasteiger partial charge in [-0.2, -0.15) is 0 Å². The Labute approximate surface area is 157 Å². The van der Waals surface area contributed by atoms with Gasteiger partial charge in [-0.05, 0) is 25.6 Å². The lowest BCUT2D eigenvalue weighted by molar-refractivity contribution is 0.329. The van der Waals surface area contributed by atoms with Gasteiger partial charge in [0.15, 0.2) is 5.96 Å². The van der Waals surface area contributed by atoms with E-state index in [0.29, 0.717) is 6.54 Å².